The molecule has 1 aromatic heterocycles. The number of carbonyl (C=O) groups is 1. The Morgan fingerprint density at radius 3 is 3.20 bits per heavy atom. The maximum Gasteiger partial charge on any atom is 0.133 e. The molecule has 1 saturated heterocycles. The molecule has 104 valence electrons. The van der Waals surface area contributed by atoms with Crippen molar-refractivity contribution in [2.75, 3.05) is 25.0 Å². The molecule has 2 aromatic rings. The summed E-state index contributed by atoms with van der Waals surface area (Å²) in [6, 6.07) is 8.72. The lowest BCUT2D eigenvalue weighted by atomic mass is 10.1. The number of rotatable bonds is 4. The van der Waals surface area contributed by atoms with Crippen molar-refractivity contribution in [1.82, 2.24) is 9.88 Å². The smallest absolute Gasteiger partial charge is 0.133 e. The number of hydrogen-bond acceptors (Lipinski definition) is 4. The standard InChI is InChI=1S/C16H19N3O/c1-12-4-5-15(14-3-2-7-17-16(12)14)18-13-6-8-19(11-13)9-10-20/h2-5,7,10,13,18H,6,8-9,11H2,1H3/t13-/m1/s1. The summed E-state index contributed by atoms with van der Waals surface area (Å²) in [7, 11) is 0. The van der Waals surface area contributed by atoms with Crippen molar-refractivity contribution in [2.24, 2.45) is 0 Å². The number of likely N-dealkylation sites (tertiary alicyclic amines) is 1. The Hall–Kier alpha value is -1.94. The van der Waals surface area contributed by atoms with E-state index in [1.807, 2.05) is 12.3 Å². The largest absolute Gasteiger partial charge is 0.380 e. The minimum Gasteiger partial charge on any atom is -0.380 e. The molecule has 1 N–H and O–H groups in total. The molecule has 0 aliphatic carbocycles. The predicted molar refractivity (Wildman–Crippen MR) is 81.0 cm³/mol. The number of hydrogen-bond donors (Lipinski definition) is 1. The molecule has 0 bridgehead atoms. The molecule has 1 aliphatic rings. The summed E-state index contributed by atoms with van der Waals surface area (Å²) < 4.78 is 0. The van der Waals surface area contributed by atoms with E-state index in [-0.39, 0.29) is 0 Å². The van der Waals surface area contributed by atoms with Crippen molar-refractivity contribution in [3.63, 3.8) is 0 Å². The maximum absolute atomic E-state index is 10.6. The highest BCUT2D eigenvalue weighted by atomic mass is 16.1. The highest BCUT2D eigenvalue weighted by Gasteiger charge is 2.22. The zero-order valence-corrected chi connectivity index (χ0v) is 11.7. The fourth-order valence-corrected chi connectivity index (χ4v) is 2.88. The zero-order valence-electron chi connectivity index (χ0n) is 11.7. The van der Waals surface area contributed by atoms with E-state index in [2.05, 4.69) is 40.3 Å². The summed E-state index contributed by atoms with van der Waals surface area (Å²) in [5, 5.41) is 4.77. The Bertz CT molecular complexity index is 626. The van der Waals surface area contributed by atoms with Gasteiger partial charge in [-0.2, -0.15) is 0 Å². The van der Waals surface area contributed by atoms with Crippen LogP contribution in [-0.4, -0.2) is 41.8 Å². The van der Waals surface area contributed by atoms with Crippen molar-refractivity contribution in [3.8, 4) is 0 Å². The van der Waals surface area contributed by atoms with Crippen LogP contribution in [0.3, 0.4) is 0 Å². The van der Waals surface area contributed by atoms with Crippen molar-refractivity contribution in [2.45, 2.75) is 19.4 Å². The van der Waals surface area contributed by atoms with Crippen molar-refractivity contribution < 1.29 is 4.79 Å². The molecule has 0 amide bonds. The number of nitrogens with zero attached hydrogens (tertiary/aromatic N) is 2. The van der Waals surface area contributed by atoms with Gasteiger partial charge in [-0.25, -0.2) is 0 Å². The highest BCUT2D eigenvalue weighted by Crippen LogP contribution is 2.26. The third kappa shape index (κ3) is 2.51. The summed E-state index contributed by atoms with van der Waals surface area (Å²) in [6.45, 7) is 4.53. The van der Waals surface area contributed by atoms with Gasteiger partial charge in [0, 0.05) is 36.4 Å². The molecule has 1 fully saturated rings. The van der Waals surface area contributed by atoms with Gasteiger partial charge in [-0.05, 0) is 37.1 Å². The molecule has 0 radical (unpaired) electrons. The van der Waals surface area contributed by atoms with Gasteiger partial charge in [-0.3, -0.25) is 9.88 Å². The lowest BCUT2D eigenvalue weighted by Crippen LogP contribution is -2.27. The van der Waals surface area contributed by atoms with Crippen LogP contribution in [0.25, 0.3) is 10.9 Å². The third-order valence-corrected chi connectivity index (χ3v) is 3.94. The van der Waals surface area contributed by atoms with E-state index in [1.54, 1.807) is 0 Å². The maximum atomic E-state index is 10.6. The Balaban J connectivity index is 1.82. The summed E-state index contributed by atoms with van der Waals surface area (Å²) >= 11 is 0. The number of anilines is 1. The molecule has 1 aromatic carbocycles. The molecule has 2 heterocycles. The van der Waals surface area contributed by atoms with Gasteiger partial charge in [-0.1, -0.05) is 6.07 Å². The molecule has 0 unspecified atom stereocenters. The van der Waals surface area contributed by atoms with Crippen LogP contribution < -0.4 is 5.32 Å². The number of carbonyl (C=O) groups excluding carboxylic acids is 1. The first-order chi connectivity index (χ1) is 9.78. The van der Waals surface area contributed by atoms with Gasteiger partial charge in [0.15, 0.2) is 0 Å². The van der Waals surface area contributed by atoms with Gasteiger partial charge in [0.25, 0.3) is 0 Å². The fraction of sp³-hybridized carbons (Fsp3) is 0.375. The molecule has 4 nitrogen and oxygen atoms in total. The minimum absolute atomic E-state index is 0.404. The van der Waals surface area contributed by atoms with Crippen LogP contribution in [0.15, 0.2) is 30.5 Å². The van der Waals surface area contributed by atoms with Gasteiger partial charge in [0.05, 0.1) is 12.1 Å². The molecule has 0 spiro atoms. The monoisotopic (exact) mass is 269 g/mol. The minimum atomic E-state index is 0.404. The molecule has 20 heavy (non-hydrogen) atoms. The van der Waals surface area contributed by atoms with E-state index in [9.17, 15) is 4.79 Å². The Morgan fingerprint density at radius 2 is 2.35 bits per heavy atom. The Kier molecular flexibility index (Phi) is 3.65. The van der Waals surface area contributed by atoms with E-state index in [4.69, 9.17) is 0 Å². The van der Waals surface area contributed by atoms with Crippen LogP contribution in [0.4, 0.5) is 5.69 Å². The summed E-state index contributed by atoms with van der Waals surface area (Å²) in [4.78, 5) is 17.2. The SMILES string of the molecule is Cc1ccc(N[C@@H]2CCN(CC=O)C2)c2cccnc12. The first kappa shape index (κ1) is 13.1. The van der Waals surface area contributed by atoms with Crippen LogP contribution >= 0.6 is 0 Å². The molecule has 1 aliphatic heterocycles. The Labute approximate surface area is 118 Å². The lowest BCUT2D eigenvalue weighted by molar-refractivity contribution is -0.108. The second kappa shape index (κ2) is 5.59. The van der Waals surface area contributed by atoms with Crippen LogP contribution in [0.2, 0.25) is 0 Å². The van der Waals surface area contributed by atoms with Crippen LogP contribution in [0.1, 0.15) is 12.0 Å². The number of benzene rings is 1. The van der Waals surface area contributed by atoms with Crippen LogP contribution in [-0.2, 0) is 4.79 Å². The number of fused-ring (bicyclic) bond motifs is 1. The van der Waals surface area contributed by atoms with E-state index < -0.39 is 0 Å². The van der Waals surface area contributed by atoms with Gasteiger partial charge in [0.1, 0.15) is 6.29 Å². The topological polar surface area (TPSA) is 45.2 Å². The average Bonchev–Trinajstić information content (AvgIpc) is 2.90. The van der Waals surface area contributed by atoms with Gasteiger partial charge in [0.2, 0.25) is 0 Å². The van der Waals surface area contributed by atoms with Gasteiger partial charge in [-0.15, -0.1) is 0 Å². The predicted octanol–water partition coefficient (Wildman–Crippen LogP) is 2.23. The number of aldehydes is 1. The van der Waals surface area contributed by atoms with E-state index >= 15 is 0 Å². The second-order valence-electron chi connectivity index (χ2n) is 5.39. The number of pyridine rings is 1. The quantitative estimate of drug-likeness (QED) is 0.865. The normalized spacial score (nSPS) is 19.4. The first-order valence-corrected chi connectivity index (χ1v) is 7.05. The molecular formula is C16H19N3O. The number of aromatic nitrogens is 1. The molecule has 4 heteroatoms. The average molecular weight is 269 g/mol. The molecule has 1 atom stereocenters. The van der Waals surface area contributed by atoms with E-state index in [0.29, 0.717) is 12.6 Å². The lowest BCUT2D eigenvalue weighted by Gasteiger charge is -2.17. The van der Waals surface area contributed by atoms with E-state index in [0.717, 1.165) is 37.0 Å². The summed E-state index contributed by atoms with van der Waals surface area (Å²) in [5.41, 5.74) is 3.39. The van der Waals surface area contributed by atoms with Gasteiger partial charge >= 0.3 is 0 Å². The third-order valence-electron chi connectivity index (χ3n) is 3.94. The van der Waals surface area contributed by atoms with Crippen LogP contribution in [0, 0.1) is 6.92 Å². The van der Waals surface area contributed by atoms with Gasteiger partial charge < -0.3 is 10.1 Å². The number of aryl methyl sites for hydroxylation is 1. The molecular weight excluding hydrogens is 250 g/mol. The number of nitrogens with one attached hydrogen (secondary N) is 1. The highest BCUT2D eigenvalue weighted by molar-refractivity contribution is 5.93. The van der Waals surface area contributed by atoms with Crippen molar-refractivity contribution in [1.29, 1.82) is 0 Å². The molecule has 0 saturated carbocycles. The summed E-state index contributed by atoms with van der Waals surface area (Å²) in [6.07, 6.45) is 3.89. The second-order valence-corrected chi connectivity index (χ2v) is 5.39. The zero-order chi connectivity index (χ0) is 13.9. The first-order valence-electron chi connectivity index (χ1n) is 7.05. The molecule has 3 rings (SSSR count). The van der Waals surface area contributed by atoms with Crippen LogP contribution in [0.5, 0.6) is 0 Å². The Morgan fingerprint density at radius 1 is 1.45 bits per heavy atom. The summed E-state index contributed by atoms with van der Waals surface area (Å²) in [5.74, 6) is 0. The van der Waals surface area contributed by atoms with E-state index in [1.165, 1.54) is 10.9 Å². The van der Waals surface area contributed by atoms with Crippen molar-refractivity contribution >= 4 is 22.9 Å². The van der Waals surface area contributed by atoms with Crippen molar-refractivity contribution in [3.05, 3.63) is 36.0 Å². The fourth-order valence-electron chi connectivity index (χ4n) is 2.88.